The third-order valence-corrected chi connectivity index (χ3v) is 4.27. The minimum atomic E-state index is -3.78. The summed E-state index contributed by atoms with van der Waals surface area (Å²) in [6, 6.07) is -0.0982. The van der Waals surface area contributed by atoms with Gasteiger partial charge in [-0.2, -0.15) is 9.65 Å². The molecule has 1 fully saturated rings. The molecule has 7 atom stereocenters. The molecule has 0 aliphatic carbocycles. The molecule has 1 aliphatic heterocycles. The van der Waals surface area contributed by atoms with Gasteiger partial charge in [0, 0.05) is 20.8 Å². The summed E-state index contributed by atoms with van der Waals surface area (Å²) in [6.45, 7) is 1.56. The second-order valence-electron chi connectivity index (χ2n) is 6.66. The number of ether oxygens (including phenoxy) is 6. The first kappa shape index (κ1) is 27.1. The number of alkyl halides is 2. The van der Waals surface area contributed by atoms with E-state index < -0.39 is 79.6 Å². The Morgan fingerprint density at radius 1 is 1.16 bits per heavy atom. The van der Waals surface area contributed by atoms with E-state index in [0.717, 1.165) is 27.9 Å². The molecular weight excluding hydrogens is 442 g/mol. The van der Waals surface area contributed by atoms with Crippen molar-refractivity contribution in [3.63, 3.8) is 0 Å². The number of methoxy groups -OCH3 is 1. The summed E-state index contributed by atoms with van der Waals surface area (Å²) in [4.78, 5) is 46.5. The maximum atomic E-state index is 15.4. The topological polar surface area (TPSA) is 173 Å². The van der Waals surface area contributed by atoms with Gasteiger partial charge in [-0.1, -0.05) is 0 Å². The molecule has 14 heteroatoms. The average molecular weight is 466 g/mol. The fourth-order valence-corrected chi connectivity index (χ4v) is 3.00. The Morgan fingerprint density at radius 3 is 2.22 bits per heavy atom. The Labute approximate surface area is 181 Å². The fourth-order valence-electron chi connectivity index (χ4n) is 3.00. The molecule has 0 aromatic carbocycles. The Hall–Kier alpha value is -2.89. The molecule has 0 aromatic rings. The third-order valence-electron chi connectivity index (χ3n) is 4.27. The summed E-state index contributed by atoms with van der Waals surface area (Å²) in [5.41, 5.74) is 5.96. The molecule has 0 bridgehead atoms. The number of hydrogen-bond acceptors (Lipinski definition) is 12. The van der Waals surface area contributed by atoms with Crippen LogP contribution < -0.4 is 5.73 Å². The Bertz CT molecular complexity index is 761. The van der Waals surface area contributed by atoms with Crippen molar-refractivity contribution in [1.82, 2.24) is 0 Å². The van der Waals surface area contributed by atoms with Gasteiger partial charge in [0.2, 0.25) is 0 Å². The first-order chi connectivity index (χ1) is 14.9. The van der Waals surface area contributed by atoms with Crippen molar-refractivity contribution >= 4 is 23.9 Å². The number of nitrogens with two attached hydrogens (primary N) is 1. The van der Waals surface area contributed by atoms with E-state index in [2.05, 4.69) is 4.74 Å². The largest absolute Gasteiger partial charge is 0.465 e. The Morgan fingerprint density at radius 2 is 1.75 bits per heavy atom. The third kappa shape index (κ3) is 6.55. The van der Waals surface area contributed by atoms with Crippen LogP contribution in [0.3, 0.4) is 0 Å². The Balaban J connectivity index is 3.49. The Kier molecular flexibility index (Phi) is 9.88. The second-order valence-corrected chi connectivity index (χ2v) is 6.66. The van der Waals surface area contributed by atoms with Gasteiger partial charge in [-0.3, -0.25) is 14.4 Å². The molecule has 32 heavy (non-hydrogen) atoms. The molecular formula is C18H24F2N2O10. The fraction of sp³-hybridized carbons (Fsp3) is 0.722. The zero-order valence-corrected chi connectivity index (χ0v) is 17.7. The number of carbonyl (C=O) groups is 4. The van der Waals surface area contributed by atoms with Gasteiger partial charge in [-0.15, -0.1) is 0 Å². The standard InChI is InChI=1S/C18H24F2N2O10/c1-8(23)29-7-11(30-9(2)24)13(31-10(3)25)14-12(22)15(28-6-5-21)16(19)18(20,32-14)17(26)27-4/h11-16H,6-7,22H2,1-4H3/t11-,12+,13-,14?,15?,16?,18-/m1/s1. The lowest BCUT2D eigenvalue weighted by atomic mass is 9.88. The predicted molar refractivity (Wildman–Crippen MR) is 96.7 cm³/mol. The van der Waals surface area contributed by atoms with Crippen LogP contribution in [-0.2, 0) is 47.6 Å². The summed E-state index contributed by atoms with van der Waals surface area (Å²) in [5, 5.41) is 8.73. The highest BCUT2D eigenvalue weighted by Crippen LogP contribution is 2.38. The van der Waals surface area contributed by atoms with Crippen molar-refractivity contribution in [2.75, 3.05) is 20.3 Å². The number of esters is 4. The van der Waals surface area contributed by atoms with Crippen LogP contribution in [-0.4, -0.2) is 86.7 Å². The van der Waals surface area contributed by atoms with Crippen molar-refractivity contribution in [2.45, 2.75) is 63.3 Å². The molecule has 0 aromatic heterocycles. The van der Waals surface area contributed by atoms with Crippen molar-refractivity contribution in [3.05, 3.63) is 0 Å². The molecule has 0 radical (unpaired) electrons. The number of nitriles is 1. The van der Waals surface area contributed by atoms with Gasteiger partial charge >= 0.3 is 29.7 Å². The molecule has 2 N–H and O–H groups in total. The van der Waals surface area contributed by atoms with Crippen LogP contribution in [0.5, 0.6) is 0 Å². The molecule has 1 heterocycles. The molecule has 12 nitrogen and oxygen atoms in total. The van der Waals surface area contributed by atoms with E-state index in [0.29, 0.717) is 0 Å². The molecule has 0 spiro atoms. The molecule has 180 valence electrons. The SMILES string of the molecule is COC(=O)[C@]1(F)OC([C@H](OC(C)=O)[C@@H](COC(C)=O)OC(C)=O)[C@H](N)C(OCC#N)C1F. The summed E-state index contributed by atoms with van der Waals surface area (Å²) in [5.74, 6) is -8.27. The predicted octanol–water partition coefficient (Wildman–Crippen LogP) is -0.775. The maximum absolute atomic E-state index is 15.4. The zero-order valence-electron chi connectivity index (χ0n) is 17.7. The van der Waals surface area contributed by atoms with E-state index in [4.69, 9.17) is 34.7 Å². The zero-order chi connectivity index (χ0) is 24.6. The van der Waals surface area contributed by atoms with Crippen LogP contribution in [0.15, 0.2) is 0 Å². The summed E-state index contributed by atoms with van der Waals surface area (Å²) >= 11 is 0. The quantitative estimate of drug-likeness (QED) is 0.332. The number of rotatable bonds is 9. The molecule has 3 unspecified atom stereocenters. The molecule has 1 rings (SSSR count). The van der Waals surface area contributed by atoms with Gasteiger partial charge in [-0.25, -0.2) is 9.18 Å². The number of nitrogens with zero attached hydrogens (tertiary/aromatic N) is 1. The lowest BCUT2D eigenvalue weighted by Crippen LogP contribution is -2.71. The van der Waals surface area contributed by atoms with Crippen LogP contribution >= 0.6 is 0 Å². The summed E-state index contributed by atoms with van der Waals surface area (Å²) < 4.78 is 59.4. The first-order valence-electron chi connectivity index (χ1n) is 9.20. The van der Waals surface area contributed by atoms with Gasteiger partial charge < -0.3 is 34.2 Å². The molecule has 1 saturated heterocycles. The summed E-state index contributed by atoms with van der Waals surface area (Å²) in [6.07, 6.45) is -10.0. The van der Waals surface area contributed by atoms with Gasteiger partial charge in [0.15, 0.2) is 18.4 Å². The average Bonchev–Trinajstić information content (AvgIpc) is 2.71. The lowest BCUT2D eigenvalue weighted by Gasteiger charge is -2.46. The van der Waals surface area contributed by atoms with Crippen molar-refractivity contribution < 1.29 is 56.4 Å². The van der Waals surface area contributed by atoms with Crippen LogP contribution in [0.25, 0.3) is 0 Å². The number of halogens is 2. The van der Waals surface area contributed by atoms with Gasteiger partial charge in [0.25, 0.3) is 0 Å². The molecule has 0 amide bonds. The summed E-state index contributed by atoms with van der Waals surface area (Å²) in [7, 11) is 0.764. The van der Waals surface area contributed by atoms with E-state index in [1.807, 2.05) is 0 Å². The van der Waals surface area contributed by atoms with Crippen molar-refractivity contribution in [3.8, 4) is 6.07 Å². The van der Waals surface area contributed by atoms with E-state index in [1.54, 1.807) is 6.07 Å². The van der Waals surface area contributed by atoms with E-state index in [1.165, 1.54) is 0 Å². The minimum absolute atomic E-state index is 0.681. The van der Waals surface area contributed by atoms with Crippen LogP contribution in [0, 0.1) is 11.3 Å². The molecule has 0 saturated carbocycles. The van der Waals surface area contributed by atoms with Gasteiger partial charge in [0.05, 0.1) is 19.2 Å². The second kappa shape index (κ2) is 11.7. The smallest absolute Gasteiger partial charge is 0.375 e. The van der Waals surface area contributed by atoms with E-state index >= 15 is 4.39 Å². The normalized spacial score (nSPS) is 29.1. The van der Waals surface area contributed by atoms with Gasteiger partial charge in [0.1, 0.15) is 25.4 Å². The van der Waals surface area contributed by atoms with Gasteiger partial charge in [-0.05, 0) is 0 Å². The van der Waals surface area contributed by atoms with Crippen LogP contribution in [0.2, 0.25) is 0 Å². The number of carbonyl (C=O) groups excluding carboxylic acids is 4. The number of hydrogen-bond donors (Lipinski definition) is 1. The lowest BCUT2D eigenvalue weighted by molar-refractivity contribution is -0.297. The maximum Gasteiger partial charge on any atom is 0.375 e. The van der Waals surface area contributed by atoms with E-state index in [-0.39, 0.29) is 0 Å². The highest BCUT2D eigenvalue weighted by molar-refractivity contribution is 5.79. The first-order valence-corrected chi connectivity index (χ1v) is 9.20. The van der Waals surface area contributed by atoms with Crippen LogP contribution in [0.1, 0.15) is 20.8 Å². The molecule has 1 aliphatic rings. The highest BCUT2D eigenvalue weighted by atomic mass is 19.2. The monoisotopic (exact) mass is 466 g/mol. The highest BCUT2D eigenvalue weighted by Gasteiger charge is 2.64. The minimum Gasteiger partial charge on any atom is -0.465 e. The van der Waals surface area contributed by atoms with Crippen molar-refractivity contribution in [1.29, 1.82) is 5.26 Å². The van der Waals surface area contributed by atoms with E-state index in [9.17, 15) is 23.6 Å². The van der Waals surface area contributed by atoms with Crippen molar-refractivity contribution in [2.24, 2.45) is 5.73 Å². The van der Waals surface area contributed by atoms with Crippen LogP contribution in [0.4, 0.5) is 8.78 Å².